The predicted molar refractivity (Wildman–Crippen MR) is 270 cm³/mol. The number of hydrogen-bond acceptors (Lipinski definition) is 5. The summed E-state index contributed by atoms with van der Waals surface area (Å²) in [6, 6.07) is 0. The molecule has 0 aromatic heterocycles. The van der Waals surface area contributed by atoms with Crippen molar-refractivity contribution in [2.24, 2.45) is 0 Å². The first-order valence-corrected chi connectivity index (χ1v) is 26.1. The molecule has 0 saturated carbocycles. The van der Waals surface area contributed by atoms with Crippen molar-refractivity contribution < 1.29 is 23.8 Å². The summed E-state index contributed by atoms with van der Waals surface area (Å²) in [4.78, 5) is 25.4. The van der Waals surface area contributed by atoms with Crippen LogP contribution < -0.4 is 0 Å². The first-order chi connectivity index (χ1) is 30.6. The molecule has 5 heteroatoms. The number of hydrogen-bond donors (Lipinski definition) is 0. The Hall–Kier alpha value is -2.92. The highest BCUT2D eigenvalue weighted by Crippen LogP contribution is 2.13. The summed E-state index contributed by atoms with van der Waals surface area (Å²) in [5, 5.41) is 0. The normalized spacial score (nSPS) is 12.9. The molecular weight excluding hydrogens is 765 g/mol. The van der Waals surface area contributed by atoms with E-state index >= 15 is 0 Å². The second-order valence-electron chi connectivity index (χ2n) is 17.0. The quantitative estimate of drug-likeness (QED) is 0.0346. The zero-order chi connectivity index (χ0) is 44.9. The van der Waals surface area contributed by atoms with Gasteiger partial charge in [0.15, 0.2) is 6.10 Å². The Morgan fingerprint density at radius 1 is 0.371 bits per heavy atom. The Morgan fingerprint density at radius 3 is 1.27 bits per heavy atom. The third-order valence-corrected chi connectivity index (χ3v) is 10.9. The van der Waals surface area contributed by atoms with Crippen LogP contribution in [-0.2, 0) is 23.8 Å². The van der Waals surface area contributed by atoms with E-state index in [1.807, 2.05) is 0 Å². The second-order valence-corrected chi connectivity index (χ2v) is 17.0. The molecule has 0 aliphatic rings. The van der Waals surface area contributed by atoms with Crippen molar-refractivity contribution in [1.29, 1.82) is 0 Å². The Bertz CT molecular complexity index is 1160. The maximum atomic E-state index is 12.8. The highest BCUT2D eigenvalue weighted by molar-refractivity contribution is 5.70. The van der Waals surface area contributed by atoms with Crippen LogP contribution in [-0.4, -0.2) is 37.9 Å². The van der Waals surface area contributed by atoms with Crippen LogP contribution in [0.25, 0.3) is 0 Å². The largest absolute Gasteiger partial charge is 0.462 e. The zero-order valence-electron chi connectivity index (χ0n) is 40.9. The van der Waals surface area contributed by atoms with Crippen molar-refractivity contribution in [2.75, 3.05) is 19.8 Å². The van der Waals surface area contributed by atoms with Gasteiger partial charge in [0.2, 0.25) is 0 Å². The SMILES string of the molecule is CC/C=C\C/C=C\C/C=C\C/C=C\C/C=C\CCCC(=O)OCC(COCCCCCCCC/C=C\CCCC)OC(=O)CCCCCCCCC/C=C\CCCCCCCC. The molecule has 1 atom stereocenters. The molecule has 0 radical (unpaired) electrons. The lowest BCUT2D eigenvalue weighted by atomic mass is 10.1. The van der Waals surface area contributed by atoms with Crippen LogP contribution in [0.3, 0.4) is 0 Å². The molecule has 0 fully saturated rings. The number of unbranched alkanes of at least 4 members (excludes halogenated alkanes) is 22. The Labute approximate surface area is 384 Å². The molecule has 0 aromatic rings. The topological polar surface area (TPSA) is 61.8 Å². The molecule has 5 nitrogen and oxygen atoms in total. The van der Waals surface area contributed by atoms with Crippen LogP contribution in [0.2, 0.25) is 0 Å². The lowest BCUT2D eigenvalue weighted by molar-refractivity contribution is -0.163. The van der Waals surface area contributed by atoms with Crippen molar-refractivity contribution in [3.8, 4) is 0 Å². The molecule has 0 rings (SSSR count). The average Bonchev–Trinajstić information content (AvgIpc) is 3.27. The first kappa shape index (κ1) is 59.1. The van der Waals surface area contributed by atoms with Gasteiger partial charge in [0.25, 0.3) is 0 Å². The Balaban J connectivity index is 4.36. The van der Waals surface area contributed by atoms with Crippen molar-refractivity contribution in [2.45, 2.75) is 245 Å². The van der Waals surface area contributed by atoms with E-state index in [9.17, 15) is 9.59 Å². The number of rotatable bonds is 47. The van der Waals surface area contributed by atoms with Crippen LogP contribution in [0.4, 0.5) is 0 Å². The van der Waals surface area contributed by atoms with E-state index in [2.05, 4.69) is 106 Å². The molecule has 0 spiro atoms. The average molecular weight is 863 g/mol. The first-order valence-electron chi connectivity index (χ1n) is 26.1. The van der Waals surface area contributed by atoms with E-state index in [1.54, 1.807) is 0 Å². The molecule has 0 saturated heterocycles. The van der Waals surface area contributed by atoms with E-state index in [1.165, 1.54) is 128 Å². The molecule has 0 bridgehead atoms. The Kier molecular flexibility index (Phi) is 50.0. The molecule has 0 aromatic carbocycles. The fourth-order valence-electron chi connectivity index (χ4n) is 6.99. The van der Waals surface area contributed by atoms with Crippen LogP contribution in [0.15, 0.2) is 85.1 Å². The van der Waals surface area contributed by atoms with Gasteiger partial charge in [-0.05, 0) is 103 Å². The van der Waals surface area contributed by atoms with E-state index in [4.69, 9.17) is 14.2 Å². The minimum absolute atomic E-state index is 0.0490. The molecule has 356 valence electrons. The van der Waals surface area contributed by atoms with Gasteiger partial charge in [-0.3, -0.25) is 9.59 Å². The molecule has 0 aliphatic heterocycles. The van der Waals surface area contributed by atoms with Crippen LogP contribution in [0.1, 0.15) is 239 Å². The summed E-state index contributed by atoms with van der Waals surface area (Å²) in [5.41, 5.74) is 0. The van der Waals surface area contributed by atoms with Gasteiger partial charge in [-0.15, -0.1) is 0 Å². The fraction of sp³-hybridized carbons (Fsp3) is 0.719. The van der Waals surface area contributed by atoms with Crippen molar-refractivity contribution in [3.63, 3.8) is 0 Å². The standard InChI is InChI=1S/C57H98O5/c1-4-7-10-13-16-19-22-25-27-29-31-33-35-38-41-44-47-50-56(58)61-54-55(53-60-52-49-46-43-40-37-24-21-18-15-12-9-6-3)62-57(59)51-48-45-42-39-36-34-32-30-28-26-23-20-17-14-11-8-5-2/h7,10,15-16,18-19,25-28,31,33,38,41,55H,4-6,8-9,11-14,17,20-24,29-30,32,34-37,39-40,42-54H2,1-3H3/b10-7-,18-15-,19-16-,27-25-,28-26-,33-31-,41-38-. The van der Waals surface area contributed by atoms with Crippen LogP contribution in [0, 0.1) is 0 Å². The number of esters is 2. The van der Waals surface area contributed by atoms with Gasteiger partial charge in [0.1, 0.15) is 6.61 Å². The molecule has 0 aliphatic carbocycles. The minimum Gasteiger partial charge on any atom is -0.462 e. The van der Waals surface area contributed by atoms with Gasteiger partial charge in [0.05, 0.1) is 6.61 Å². The molecule has 1 unspecified atom stereocenters. The van der Waals surface area contributed by atoms with Crippen molar-refractivity contribution >= 4 is 11.9 Å². The van der Waals surface area contributed by atoms with Gasteiger partial charge in [-0.1, -0.05) is 209 Å². The second kappa shape index (κ2) is 52.4. The summed E-state index contributed by atoms with van der Waals surface area (Å²) in [7, 11) is 0. The third kappa shape index (κ3) is 49.7. The maximum absolute atomic E-state index is 12.8. The molecule has 0 heterocycles. The summed E-state index contributed by atoms with van der Waals surface area (Å²) < 4.78 is 17.3. The van der Waals surface area contributed by atoms with Gasteiger partial charge in [-0.2, -0.15) is 0 Å². The van der Waals surface area contributed by atoms with E-state index < -0.39 is 6.10 Å². The summed E-state index contributed by atoms with van der Waals surface area (Å²) in [6.45, 7) is 7.61. The van der Waals surface area contributed by atoms with Gasteiger partial charge in [-0.25, -0.2) is 0 Å². The molecule has 62 heavy (non-hydrogen) atoms. The fourth-order valence-corrected chi connectivity index (χ4v) is 6.99. The third-order valence-electron chi connectivity index (χ3n) is 10.9. The predicted octanol–water partition coefficient (Wildman–Crippen LogP) is 17.7. The summed E-state index contributed by atoms with van der Waals surface area (Å²) in [6.07, 6.45) is 68.8. The maximum Gasteiger partial charge on any atom is 0.306 e. The zero-order valence-corrected chi connectivity index (χ0v) is 40.9. The van der Waals surface area contributed by atoms with Crippen molar-refractivity contribution in [1.82, 2.24) is 0 Å². The van der Waals surface area contributed by atoms with Crippen LogP contribution in [0.5, 0.6) is 0 Å². The van der Waals surface area contributed by atoms with Crippen LogP contribution >= 0.6 is 0 Å². The van der Waals surface area contributed by atoms with Crippen molar-refractivity contribution in [3.05, 3.63) is 85.1 Å². The van der Waals surface area contributed by atoms with E-state index in [0.29, 0.717) is 19.4 Å². The lowest BCUT2D eigenvalue weighted by Gasteiger charge is -2.18. The minimum atomic E-state index is -0.567. The van der Waals surface area contributed by atoms with Gasteiger partial charge < -0.3 is 14.2 Å². The highest BCUT2D eigenvalue weighted by Gasteiger charge is 2.17. The van der Waals surface area contributed by atoms with Gasteiger partial charge in [0, 0.05) is 19.4 Å². The summed E-state index contributed by atoms with van der Waals surface area (Å²) in [5.74, 6) is -0.472. The number of carbonyl (C=O) groups is 2. The van der Waals surface area contributed by atoms with Gasteiger partial charge >= 0.3 is 11.9 Å². The monoisotopic (exact) mass is 863 g/mol. The lowest BCUT2D eigenvalue weighted by Crippen LogP contribution is -2.30. The number of allylic oxidation sites excluding steroid dienone is 14. The van der Waals surface area contributed by atoms with E-state index in [0.717, 1.165) is 77.0 Å². The Morgan fingerprint density at radius 2 is 0.758 bits per heavy atom. The molecular formula is C57H98O5. The van der Waals surface area contributed by atoms with E-state index in [-0.39, 0.29) is 25.2 Å². The molecule has 0 N–H and O–H groups in total. The summed E-state index contributed by atoms with van der Waals surface area (Å²) >= 11 is 0. The number of ether oxygens (including phenoxy) is 3. The molecule has 0 amide bonds. The smallest absolute Gasteiger partial charge is 0.306 e. The highest BCUT2D eigenvalue weighted by atomic mass is 16.6. The number of carbonyl (C=O) groups excluding carboxylic acids is 2.